The zero-order valence-corrected chi connectivity index (χ0v) is 26.5. The minimum Gasteiger partial charge on any atom is -0.469 e. The number of urea groups is 1. The van der Waals surface area contributed by atoms with Gasteiger partial charge in [-0.05, 0) is 93.1 Å². The molecule has 1 atom stereocenters. The molecule has 2 N–H and O–H groups in total. The molecule has 0 bridgehead atoms. The lowest BCUT2D eigenvalue weighted by atomic mass is 9.82. The second kappa shape index (κ2) is 11.9. The maximum atomic E-state index is 14.4. The molecule has 0 saturated carbocycles. The maximum absolute atomic E-state index is 14.4. The highest BCUT2D eigenvalue weighted by Crippen LogP contribution is 2.45. The molecule has 1 fully saturated rings. The van der Waals surface area contributed by atoms with E-state index in [2.05, 4.69) is 72.8 Å². The molecule has 0 radical (unpaired) electrons. The molecule has 1 saturated heterocycles. The first-order chi connectivity index (χ1) is 23.0. The predicted octanol–water partition coefficient (Wildman–Crippen LogP) is 8.70. The van der Waals surface area contributed by atoms with Gasteiger partial charge >= 0.3 is 12.0 Å². The van der Waals surface area contributed by atoms with Gasteiger partial charge in [-0.25, -0.2) is 4.79 Å². The topological polar surface area (TPSA) is 75.9 Å². The van der Waals surface area contributed by atoms with Crippen molar-refractivity contribution in [3.05, 3.63) is 120 Å². The van der Waals surface area contributed by atoms with Gasteiger partial charge in [0.25, 0.3) is 0 Å². The number of carbonyl (C=O) groups is 2. The molecular weight excluding hydrogens is 582 g/mol. The second-order valence-corrected chi connectivity index (χ2v) is 12.7. The number of nitrogens with two attached hydrogens (primary N) is 1. The minimum atomic E-state index is -0.229. The molecule has 1 aliphatic carbocycles. The van der Waals surface area contributed by atoms with Gasteiger partial charge in [0, 0.05) is 42.2 Å². The Bertz CT molecular complexity index is 2190. The first-order valence-electron chi connectivity index (χ1n) is 16.5. The fraction of sp³-hybridized carbons (Fsp3) is 0.220. The number of rotatable bonds is 6. The normalized spacial score (nSPS) is 16.3. The number of aryl methyl sites for hydroxylation is 2. The van der Waals surface area contributed by atoms with E-state index < -0.39 is 0 Å². The van der Waals surface area contributed by atoms with Gasteiger partial charge < -0.3 is 10.5 Å². The van der Waals surface area contributed by atoms with Crippen LogP contribution in [0.5, 0.6) is 0 Å². The van der Waals surface area contributed by atoms with Crippen molar-refractivity contribution >= 4 is 55.7 Å². The highest BCUT2D eigenvalue weighted by Gasteiger charge is 2.34. The SMILES string of the molecule is COC(=O)CCc1ccc(N2CCN(c3c(-c4cc5c6c(ccc5c5ccccc45)C(N)CCC6)ccc4ccccc34)C2=O)cc1. The third-order valence-electron chi connectivity index (χ3n) is 10.1. The van der Waals surface area contributed by atoms with Gasteiger partial charge in [-0.1, -0.05) is 84.9 Å². The fourth-order valence-electron chi connectivity index (χ4n) is 7.70. The van der Waals surface area contributed by atoms with Crippen LogP contribution in [0.25, 0.3) is 43.4 Å². The molecule has 6 nitrogen and oxygen atoms in total. The van der Waals surface area contributed by atoms with Gasteiger partial charge in [0.2, 0.25) is 0 Å². The van der Waals surface area contributed by atoms with E-state index in [0.717, 1.165) is 58.1 Å². The number of carbonyl (C=O) groups excluding carboxylic acids is 2. The zero-order valence-electron chi connectivity index (χ0n) is 26.5. The number of ether oxygens (including phenoxy) is 1. The number of hydrogen-bond donors (Lipinski definition) is 1. The van der Waals surface area contributed by atoms with Gasteiger partial charge in [0.05, 0.1) is 12.8 Å². The Morgan fingerprint density at radius 2 is 1.51 bits per heavy atom. The largest absolute Gasteiger partial charge is 0.469 e. The highest BCUT2D eigenvalue weighted by molar-refractivity contribution is 6.20. The number of esters is 1. The van der Waals surface area contributed by atoms with E-state index in [1.165, 1.54) is 39.8 Å². The van der Waals surface area contributed by atoms with Crippen LogP contribution in [0.2, 0.25) is 0 Å². The number of fused-ring (bicyclic) bond motifs is 6. The van der Waals surface area contributed by atoms with Gasteiger partial charge in [0.1, 0.15) is 0 Å². The number of methoxy groups -OCH3 is 1. The third-order valence-corrected chi connectivity index (χ3v) is 10.1. The lowest BCUT2D eigenvalue weighted by Crippen LogP contribution is -2.32. The van der Waals surface area contributed by atoms with Gasteiger partial charge in [-0.15, -0.1) is 0 Å². The van der Waals surface area contributed by atoms with E-state index >= 15 is 0 Å². The summed E-state index contributed by atoms with van der Waals surface area (Å²) in [5, 5.41) is 7.04. The highest BCUT2D eigenvalue weighted by atomic mass is 16.5. The van der Waals surface area contributed by atoms with Crippen molar-refractivity contribution in [2.45, 2.75) is 38.1 Å². The number of amides is 2. The van der Waals surface area contributed by atoms with E-state index in [1.807, 2.05) is 40.1 Å². The Morgan fingerprint density at radius 3 is 2.32 bits per heavy atom. The molecule has 234 valence electrons. The summed E-state index contributed by atoms with van der Waals surface area (Å²) in [7, 11) is 1.41. The molecule has 8 rings (SSSR count). The van der Waals surface area contributed by atoms with E-state index in [-0.39, 0.29) is 18.0 Å². The minimum absolute atomic E-state index is 0.0432. The molecule has 6 aromatic carbocycles. The van der Waals surface area contributed by atoms with Crippen molar-refractivity contribution in [1.82, 2.24) is 0 Å². The Kier molecular flexibility index (Phi) is 7.38. The van der Waals surface area contributed by atoms with Crippen molar-refractivity contribution in [1.29, 1.82) is 0 Å². The van der Waals surface area contributed by atoms with E-state index in [9.17, 15) is 9.59 Å². The Labute approximate surface area is 274 Å². The van der Waals surface area contributed by atoms with Crippen molar-refractivity contribution < 1.29 is 14.3 Å². The molecular formula is C41H37N3O3. The van der Waals surface area contributed by atoms with Crippen LogP contribution in [0, 0.1) is 0 Å². The predicted molar refractivity (Wildman–Crippen MR) is 191 cm³/mol. The lowest BCUT2D eigenvalue weighted by Gasteiger charge is -2.26. The zero-order chi connectivity index (χ0) is 32.1. The number of anilines is 2. The van der Waals surface area contributed by atoms with Crippen LogP contribution in [0.15, 0.2) is 103 Å². The molecule has 1 heterocycles. The first kappa shape index (κ1) is 29.2. The van der Waals surface area contributed by atoms with Crippen LogP contribution in [-0.2, 0) is 22.4 Å². The van der Waals surface area contributed by atoms with Crippen LogP contribution >= 0.6 is 0 Å². The molecule has 0 spiro atoms. The molecule has 2 amide bonds. The van der Waals surface area contributed by atoms with Gasteiger partial charge in [-0.3, -0.25) is 14.6 Å². The van der Waals surface area contributed by atoms with Crippen LogP contribution in [-0.4, -0.2) is 32.2 Å². The molecule has 1 aliphatic heterocycles. The fourth-order valence-corrected chi connectivity index (χ4v) is 7.70. The monoisotopic (exact) mass is 619 g/mol. The summed E-state index contributed by atoms with van der Waals surface area (Å²) < 4.78 is 4.79. The van der Waals surface area contributed by atoms with Crippen LogP contribution in [0.3, 0.4) is 0 Å². The van der Waals surface area contributed by atoms with E-state index in [0.29, 0.717) is 25.9 Å². The summed E-state index contributed by atoms with van der Waals surface area (Å²) in [6.07, 6.45) is 4.04. The third kappa shape index (κ3) is 5.00. The average Bonchev–Trinajstić information content (AvgIpc) is 3.50. The number of benzene rings is 6. The summed E-state index contributed by atoms with van der Waals surface area (Å²) in [5.74, 6) is -0.229. The summed E-state index contributed by atoms with van der Waals surface area (Å²) in [6.45, 7) is 1.15. The smallest absolute Gasteiger partial charge is 0.329 e. The van der Waals surface area contributed by atoms with E-state index in [1.54, 1.807) is 0 Å². The van der Waals surface area contributed by atoms with Crippen LogP contribution in [0.1, 0.15) is 42.0 Å². The molecule has 0 aromatic heterocycles. The van der Waals surface area contributed by atoms with Crippen molar-refractivity contribution in [2.75, 3.05) is 30.0 Å². The van der Waals surface area contributed by atoms with Crippen LogP contribution in [0.4, 0.5) is 16.2 Å². The Hall–Kier alpha value is -5.20. The molecule has 1 unspecified atom stereocenters. The van der Waals surface area contributed by atoms with E-state index in [4.69, 9.17) is 10.5 Å². The maximum Gasteiger partial charge on any atom is 0.329 e. The quantitative estimate of drug-likeness (QED) is 0.149. The van der Waals surface area contributed by atoms with Crippen molar-refractivity contribution in [3.63, 3.8) is 0 Å². The van der Waals surface area contributed by atoms with Crippen molar-refractivity contribution in [2.24, 2.45) is 5.73 Å². The number of nitrogens with zero attached hydrogens (tertiary/aromatic N) is 2. The molecule has 6 heteroatoms. The average molecular weight is 620 g/mol. The summed E-state index contributed by atoms with van der Waals surface area (Å²) in [6, 6.07) is 36.1. The van der Waals surface area contributed by atoms with Crippen molar-refractivity contribution in [3.8, 4) is 11.1 Å². The summed E-state index contributed by atoms with van der Waals surface area (Å²) >= 11 is 0. The van der Waals surface area contributed by atoms with Gasteiger partial charge in [-0.2, -0.15) is 0 Å². The summed E-state index contributed by atoms with van der Waals surface area (Å²) in [5.41, 5.74) is 14.2. The second-order valence-electron chi connectivity index (χ2n) is 12.7. The Balaban J connectivity index is 1.26. The van der Waals surface area contributed by atoms with Crippen LogP contribution < -0.4 is 15.5 Å². The number of hydrogen-bond acceptors (Lipinski definition) is 4. The molecule has 47 heavy (non-hydrogen) atoms. The molecule has 2 aliphatic rings. The van der Waals surface area contributed by atoms with Gasteiger partial charge in [0.15, 0.2) is 0 Å². The standard InChI is InChI=1S/C41H37N3O3/c1-47-39(45)22-15-26-13-17-28(18-14-26)43-23-24-44(41(43)46)40-29-8-3-2-7-27(29)16-19-35(40)37-25-36-32-11-6-12-38(42)34(32)21-20-33(36)30-9-4-5-10-31(30)37/h2-5,7-10,13-14,16-21,25,38H,6,11-12,15,22-24,42H2,1H3. The Morgan fingerprint density at radius 1 is 0.787 bits per heavy atom. The first-order valence-corrected chi connectivity index (χ1v) is 16.5. The molecule has 6 aromatic rings. The summed E-state index contributed by atoms with van der Waals surface area (Å²) in [4.78, 5) is 29.8. The lowest BCUT2D eigenvalue weighted by molar-refractivity contribution is -0.140.